The third kappa shape index (κ3) is 2.24. The molecule has 1 fully saturated rings. The second kappa shape index (κ2) is 5.21. The molecule has 2 nitrogen and oxygen atoms in total. The van der Waals surface area contributed by atoms with Crippen LogP contribution in [0, 0.1) is 0 Å². The monoisotopic (exact) mass is 331 g/mol. The average molecular weight is 332 g/mol. The highest BCUT2D eigenvalue weighted by Crippen LogP contribution is 2.37. The fraction of sp³-hybridized carbons (Fsp3) is 0.353. The van der Waals surface area contributed by atoms with Gasteiger partial charge in [-0.3, -0.25) is 4.79 Å². The van der Waals surface area contributed by atoms with E-state index in [1.54, 1.807) is 0 Å². The SMILES string of the molecule is CC(C)c1ccc(N2CC3=C(Br)CCC=C3C2=O)cc1. The highest BCUT2D eigenvalue weighted by atomic mass is 79.9. The molecule has 1 saturated heterocycles. The van der Waals surface area contributed by atoms with Crippen molar-refractivity contribution in [2.45, 2.75) is 32.6 Å². The van der Waals surface area contributed by atoms with E-state index in [1.165, 1.54) is 10.0 Å². The van der Waals surface area contributed by atoms with E-state index in [0.29, 0.717) is 12.5 Å². The van der Waals surface area contributed by atoms with Crippen LogP contribution in [0.4, 0.5) is 5.69 Å². The summed E-state index contributed by atoms with van der Waals surface area (Å²) in [7, 11) is 0. The topological polar surface area (TPSA) is 20.3 Å². The van der Waals surface area contributed by atoms with Crippen molar-refractivity contribution in [3.63, 3.8) is 0 Å². The van der Waals surface area contributed by atoms with Gasteiger partial charge in [-0.2, -0.15) is 0 Å². The molecule has 1 aromatic carbocycles. The van der Waals surface area contributed by atoms with Gasteiger partial charge in [0.15, 0.2) is 0 Å². The molecule has 2 aliphatic rings. The van der Waals surface area contributed by atoms with Crippen LogP contribution in [0.2, 0.25) is 0 Å². The van der Waals surface area contributed by atoms with Crippen LogP contribution in [0.25, 0.3) is 0 Å². The van der Waals surface area contributed by atoms with Crippen molar-refractivity contribution >= 4 is 27.5 Å². The van der Waals surface area contributed by atoms with Crippen LogP contribution < -0.4 is 4.90 Å². The maximum absolute atomic E-state index is 12.5. The van der Waals surface area contributed by atoms with E-state index < -0.39 is 0 Å². The summed E-state index contributed by atoms with van der Waals surface area (Å²) in [6, 6.07) is 8.35. The third-order valence-electron chi connectivity index (χ3n) is 4.03. The van der Waals surface area contributed by atoms with Crippen LogP contribution in [-0.4, -0.2) is 12.5 Å². The molecule has 0 unspecified atom stereocenters. The van der Waals surface area contributed by atoms with Crippen LogP contribution in [0.5, 0.6) is 0 Å². The summed E-state index contributed by atoms with van der Waals surface area (Å²) >= 11 is 3.61. The number of fused-ring (bicyclic) bond motifs is 1. The summed E-state index contributed by atoms with van der Waals surface area (Å²) < 4.78 is 1.18. The maximum Gasteiger partial charge on any atom is 0.258 e. The second-order valence-electron chi connectivity index (χ2n) is 5.68. The lowest BCUT2D eigenvalue weighted by molar-refractivity contribution is -0.114. The maximum atomic E-state index is 12.5. The molecule has 0 aromatic heterocycles. The van der Waals surface area contributed by atoms with Gasteiger partial charge in [0.25, 0.3) is 5.91 Å². The first-order valence-corrected chi connectivity index (χ1v) is 7.87. The summed E-state index contributed by atoms with van der Waals surface area (Å²) in [4.78, 5) is 14.4. The van der Waals surface area contributed by atoms with E-state index >= 15 is 0 Å². The molecule has 1 aliphatic carbocycles. The number of carbonyl (C=O) groups excluding carboxylic acids is 1. The summed E-state index contributed by atoms with van der Waals surface area (Å²) in [5.41, 5.74) is 4.34. The summed E-state index contributed by atoms with van der Waals surface area (Å²) in [6.07, 6.45) is 4.03. The van der Waals surface area contributed by atoms with Crippen LogP contribution in [0.15, 0.2) is 46.0 Å². The second-order valence-corrected chi connectivity index (χ2v) is 6.63. The Morgan fingerprint density at radius 1 is 1.20 bits per heavy atom. The summed E-state index contributed by atoms with van der Waals surface area (Å²) in [6.45, 7) is 5.04. The molecule has 0 saturated carbocycles. The molecular formula is C17H18BrNO. The largest absolute Gasteiger partial charge is 0.304 e. The van der Waals surface area contributed by atoms with Gasteiger partial charge in [-0.05, 0) is 42.0 Å². The lowest BCUT2D eigenvalue weighted by Crippen LogP contribution is -2.24. The molecule has 3 rings (SSSR count). The number of benzene rings is 1. The highest BCUT2D eigenvalue weighted by molar-refractivity contribution is 9.11. The predicted octanol–water partition coefficient (Wildman–Crippen LogP) is 4.53. The molecule has 20 heavy (non-hydrogen) atoms. The van der Waals surface area contributed by atoms with Gasteiger partial charge in [0.05, 0.1) is 6.54 Å². The van der Waals surface area contributed by atoms with Gasteiger partial charge in [-0.15, -0.1) is 0 Å². The van der Waals surface area contributed by atoms with Gasteiger partial charge in [0.1, 0.15) is 0 Å². The number of amides is 1. The standard InChI is InChI=1S/C17H18BrNO/c1-11(2)12-6-8-13(9-7-12)19-10-15-14(17(19)20)4-3-5-16(15)18/h4,6-9,11H,3,5,10H2,1-2H3. The molecule has 1 amide bonds. The summed E-state index contributed by atoms with van der Waals surface area (Å²) in [5.74, 6) is 0.648. The Morgan fingerprint density at radius 2 is 1.90 bits per heavy atom. The van der Waals surface area contributed by atoms with E-state index in [0.717, 1.165) is 29.7 Å². The first-order chi connectivity index (χ1) is 9.58. The zero-order chi connectivity index (χ0) is 14.3. The van der Waals surface area contributed by atoms with E-state index in [4.69, 9.17) is 0 Å². The van der Waals surface area contributed by atoms with Crippen LogP contribution in [-0.2, 0) is 4.79 Å². The minimum absolute atomic E-state index is 0.133. The molecule has 104 valence electrons. The van der Waals surface area contributed by atoms with E-state index in [2.05, 4.69) is 60.1 Å². The fourth-order valence-electron chi connectivity index (χ4n) is 2.77. The van der Waals surface area contributed by atoms with Crippen molar-refractivity contribution in [2.24, 2.45) is 0 Å². The zero-order valence-electron chi connectivity index (χ0n) is 11.8. The number of hydrogen-bond donors (Lipinski definition) is 0. The number of carbonyl (C=O) groups is 1. The Bertz CT molecular complexity index is 610. The summed E-state index contributed by atoms with van der Waals surface area (Å²) in [5, 5.41) is 0. The highest BCUT2D eigenvalue weighted by Gasteiger charge is 2.34. The van der Waals surface area contributed by atoms with Crippen LogP contribution >= 0.6 is 15.9 Å². The number of halogens is 1. The predicted molar refractivity (Wildman–Crippen MR) is 86.2 cm³/mol. The molecule has 0 bridgehead atoms. The van der Waals surface area contributed by atoms with Crippen molar-refractivity contribution in [3.05, 3.63) is 51.5 Å². The minimum atomic E-state index is 0.133. The van der Waals surface area contributed by atoms with Gasteiger partial charge in [-0.1, -0.05) is 48.0 Å². The van der Waals surface area contributed by atoms with E-state index in [-0.39, 0.29) is 5.91 Å². The molecule has 3 heteroatoms. The van der Waals surface area contributed by atoms with Crippen molar-refractivity contribution in [1.29, 1.82) is 0 Å². The van der Waals surface area contributed by atoms with E-state index in [9.17, 15) is 4.79 Å². The molecule has 0 spiro atoms. The average Bonchev–Trinajstić information content (AvgIpc) is 2.78. The number of nitrogens with zero attached hydrogens (tertiary/aromatic N) is 1. The molecule has 0 radical (unpaired) electrons. The zero-order valence-corrected chi connectivity index (χ0v) is 13.4. The number of anilines is 1. The molecule has 0 N–H and O–H groups in total. The van der Waals surface area contributed by atoms with Crippen LogP contribution in [0.1, 0.15) is 38.2 Å². The molecular weight excluding hydrogens is 314 g/mol. The molecule has 1 heterocycles. The Hall–Kier alpha value is -1.35. The lowest BCUT2D eigenvalue weighted by atomic mass is 10.0. The third-order valence-corrected chi connectivity index (χ3v) is 4.90. The molecule has 1 aliphatic heterocycles. The normalized spacial score (nSPS) is 18.7. The molecule has 1 aromatic rings. The number of allylic oxidation sites excluding steroid dienone is 2. The van der Waals surface area contributed by atoms with Gasteiger partial charge in [0.2, 0.25) is 0 Å². The molecule has 0 atom stereocenters. The Balaban J connectivity index is 1.92. The van der Waals surface area contributed by atoms with Crippen molar-refractivity contribution in [2.75, 3.05) is 11.4 Å². The van der Waals surface area contributed by atoms with Gasteiger partial charge >= 0.3 is 0 Å². The van der Waals surface area contributed by atoms with Gasteiger partial charge in [0, 0.05) is 15.7 Å². The first kappa shape index (κ1) is 13.6. The Kier molecular flexibility index (Phi) is 3.55. The fourth-order valence-corrected chi connectivity index (χ4v) is 3.34. The first-order valence-electron chi connectivity index (χ1n) is 7.08. The van der Waals surface area contributed by atoms with Crippen molar-refractivity contribution < 1.29 is 4.79 Å². The number of hydrogen-bond acceptors (Lipinski definition) is 1. The van der Waals surface area contributed by atoms with Crippen LogP contribution in [0.3, 0.4) is 0 Å². The van der Waals surface area contributed by atoms with Gasteiger partial charge in [-0.25, -0.2) is 0 Å². The van der Waals surface area contributed by atoms with Crippen molar-refractivity contribution in [3.8, 4) is 0 Å². The van der Waals surface area contributed by atoms with E-state index in [1.807, 2.05) is 4.90 Å². The smallest absolute Gasteiger partial charge is 0.258 e. The Morgan fingerprint density at radius 3 is 2.50 bits per heavy atom. The number of rotatable bonds is 2. The minimum Gasteiger partial charge on any atom is -0.304 e. The quantitative estimate of drug-likeness (QED) is 0.779. The lowest BCUT2D eigenvalue weighted by Gasteiger charge is -2.16. The Labute approximate surface area is 128 Å². The van der Waals surface area contributed by atoms with Gasteiger partial charge < -0.3 is 4.90 Å². The van der Waals surface area contributed by atoms with Crippen molar-refractivity contribution in [1.82, 2.24) is 0 Å².